The standard InChI is InChI=1S/C15H20N2O4S/c1-4-21-14(18)12-10(2)17(7-8-20-3)15(19)16-13(12)11-6-5-9-22-11/h5-6,9,13H,4,7-8H2,1-3H3,(H,16,19)/t13-/m0/s1. The summed E-state index contributed by atoms with van der Waals surface area (Å²) in [5.41, 5.74) is 1.08. The average molecular weight is 324 g/mol. The van der Waals surface area contributed by atoms with E-state index in [0.29, 0.717) is 31.0 Å². The van der Waals surface area contributed by atoms with Gasteiger partial charge >= 0.3 is 12.0 Å². The molecule has 0 fully saturated rings. The molecule has 0 bridgehead atoms. The third kappa shape index (κ3) is 3.31. The molecule has 0 spiro atoms. The lowest BCUT2D eigenvalue weighted by Crippen LogP contribution is -2.48. The van der Waals surface area contributed by atoms with Gasteiger partial charge in [0.25, 0.3) is 0 Å². The zero-order valence-corrected chi connectivity index (χ0v) is 13.7. The van der Waals surface area contributed by atoms with E-state index in [4.69, 9.17) is 9.47 Å². The molecule has 1 aliphatic rings. The van der Waals surface area contributed by atoms with Gasteiger partial charge in [-0.2, -0.15) is 0 Å². The molecule has 1 aliphatic heterocycles. The number of carbonyl (C=O) groups excluding carboxylic acids is 2. The third-order valence-corrected chi connectivity index (χ3v) is 4.38. The second-order valence-corrected chi connectivity index (χ2v) is 5.74. The quantitative estimate of drug-likeness (QED) is 0.815. The lowest BCUT2D eigenvalue weighted by molar-refractivity contribution is -0.139. The highest BCUT2D eigenvalue weighted by Gasteiger charge is 2.36. The van der Waals surface area contributed by atoms with Crippen LogP contribution in [-0.2, 0) is 14.3 Å². The number of ether oxygens (including phenoxy) is 2. The molecule has 2 rings (SSSR count). The van der Waals surface area contributed by atoms with Crippen LogP contribution in [0.15, 0.2) is 28.8 Å². The molecule has 0 aromatic carbocycles. The van der Waals surface area contributed by atoms with E-state index in [0.717, 1.165) is 4.88 Å². The summed E-state index contributed by atoms with van der Waals surface area (Å²) in [6.45, 7) is 4.59. The number of thiophene rings is 1. The zero-order chi connectivity index (χ0) is 16.1. The minimum absolute atomic E-state index is 0.235. The number of hydrogen-bond acceptors (Lipinski definition) is 5. The molecule has 1 atom stereocenters. The van der Waals surface area contributed by atoms with Gasteiger partial charge in [0.05, 0.1) is 31.4 Å². The van der Waals surface area contributed by atoms with Gasteiger partial charge in [0.2, 0.25) is 0 Å². The molecule has 120 valence electrons. The molecule has 6 nitrogen and oxygen atoms in total. The van der Waals surface area contributed by atoms with Crippen LogP contribution in [0, 0.1) is 0 Å². The van der Waals surface area contributed by atoms with Crippen molar-refractivity contribution in [3.8, 4) is 0 Å². The molecule has 2 amide bonds. The van der Waals surface area contributed by atoms with Crippen molar-refractivity contribution < 1.29 is 19.1 Å². The van der Waals surface area contributed by atoms with Gasteiger partial charge in [-0.25, -0.2) is 9.59 Å². The molecule has 22 heavy (non-hydrogen) atoms. The SMILES string of the molecule is CCOC(=O)C1=C(C)N(CCOC)C(=O)N[C@H]1c1cccs1. The third-order valence-electron chi connectivity index (χ3n) is 3.44. The molecular formula is C15H20N2O4S. The number of hydrogen-bond donors (Lipinski definition) is 1. The minimum Gasteiger partial charge on any atom is -0.463 e. The Bertz CT molecular complexity index is 568. The van der Waals surface area contributed by atoms with E-state index < -0.39 is 12.0 Å². The van der Waals surface area contributed by atoms with Crippen molar-refractivity contribution in [2.24, 2.45) is 0 Å². The number of nitrogens with one attached hydrogen (secondary N) is 1. The topological polar surface area (TPSA) is 67.9 Å². The Morgan fingerprint density at radius 3 is 2.86 bits per heavy atom. The summed E-state index contributed by atoms with van der Waals surface area (Å²) in [6, 6.07) is 3.08. The van der Waals surface area contributed by atoms with E-state index >= 15 is 0 Å². The Hall–Kier alpha value is -1.86. The van der Waals surface area contributed by atoms with Crippen LogP contribution in [0.1, 0.15) is 24.8 Å². The van der Waals surface area contributed by atoms with E-state index in [1.165, 1.54) is 16.2 Å². The molecule has 0 saturated heterocycles. The van der Waals surface area contributed by atoms with Crippen LogP contribution in [-0.4, -0.2) is 43.8 Å². The predicted octanol–water partition coefficient (Wildman–Crippen LogP) is 2.30. The molecule has 0 radical (unpaired) electrons. The Kier molecular flexibility index (Phi) is 5.57. The summed E-state index contributed by atoms with van der Waals surface area (Å²) in [7, 11) is 1.57. The van der Waals surface area contributed by atoms with Crippen LogP contribution in [0.25, 0.3) is 0 Å². The fourth-order valence-electron chi connectivity index (χ4n) is 2.38. The highest BCUT2D eigenvalue weighted by molar-refractivity contribution is 7.10. The number of allylic oxidation sites excluding steroid dienone is 1. The molecule has 7 heteroatoms. The number of nitrogens with zero attached hydrogens (tertiary/aromatic N) is 1. The fourth-order valence-corrected chi connectivity index (χ4v) is 3.16. The number of esters is 1. The first-order valence-corrected chi connectivity index (χ1v) is 7.96. The van der Waals surface area contributed by atoms with Crippen molar-refractivity contribution in [2.75, 3.05) is 26.9 Å². The summed E-state index contributed by atoms with van der Waals surface area (Å²) in [6.07, 6.45) is 0. The van der Waals surface area contributed by atoms with E-state index in [-0.39, 0.29) is 6.03 Å². The molecule has 0 aliphatic carbocycles. The molecule has 0 unspecified atom stereocenters. The number of carbonyl (C=O) groups is 2. The largest absolute Gasteiger partial charge is 0.463 e. The van der Waals surface area contributed by atoms with Crippen molar-refractivity contribution in [1.29, 1.82) is 0 Å². The fraction of sp³-hybridized carbons (Fsp3) is 0.467. The van der Waals surface area contributed by atoms with E-state index in [9.17, 15) is 9.59 Å². The van der Waals surface area contributed by atoms with E-state index in [1.807, 2.05) is 17.5 Å². The van der Waals surface area contributed by atoms with Gasteiger partial charge in [0.1, 0.15) is 0 Å². The molecule has 1 N–H and O–H groups in total. The number of amides is 2. The first-order valence-electron chi connectivity index (χ1n) is 7.08. The van der Waals surface area contributed by atoms with Crippen LogP contribution in [0.2, 0.25) is 0 Å². The summed E-state index contributed by atoms with van der Waals surface area (Å²) in [5, 5.41) is 4.79. The summed E-state index contributed by atoms with van der Waals surface area (Å²) in [4.78, 5) is 27.1. The first kappa shape index (κ1) is 16.5. The van der Waals surface area contributed by atoms with Gasteiger partial charge in [0.15, 0.2) is 0 Å². The predicted molar refractivity (Wildman–Crippen MR) is 83.5 cm³/mol. The van der Waals surface area contributed by atoms with Gasteiger partial charge in [-0.15, -0.1) is 11.3 Å². The number of methoxy groups -OCH3 is 1. The Morgan fingerprint density at radius 2 is 2.27 bits per heavy atom. The highest BCUT2D eigenvalue weighted by atomic mass is 32.1. The van der Waals surface area contributed by atoms with Gasteiger partial charge < -0.3 is 14.8 Å². The smallest absolute Gasteiger partial charge is 0.338 e. The Morgan fingerprint density at radius 1 is 1.50 bits per heavy atom. The summed E-state index contributed by atoms with van der Waals surface area (Å²) in [5.74, 6) is -0.402. The van der Waals surface area contributed by atoms with Crippen molar-refractivity contribution in [2.45, 2.75) is 19.9 Å². The van der Waals surface area contributed by atoms with Gasteiger partial charge in [-0.1, -0.05) is 6.07 Å². The van der Waals surface area contributed by atoms with E-state index in [1.54, 1.807) is 21.0 Å². The van der Waals surface area contributed by atoms with Gasteiger partial charge in [-0.3, -0.25) is 4.90 Å². The number of rotatable bonds is 6. The van der Waals surface area contributed by atoms with E-state index in [2.05, 4.69) is 5.32 Å². The Balaban J connectivity index is 2.40. The van der Waals surface area contributed by atoms with Crippen LogP contribution in [0.5, 0.6) is 0 Å². The van der Waals surface area contributed by atoms with Crippen LogP contribution in [0.3, 0.4) is 0 Å². The molecule has 1 aromatic rings. The van der Waals surface area contributed by atoms with Crippen molar-refractivity contribution in [3.63, 3.8) is 0 Å². The number of urea groups is 1. The monoisotopic (exact) mass is 324 g/mol. The molecular weight excluding hydrogens is 304 g/mol. The van der Waals surface area contributed by atoms with Crippen molar-refractivity contribution in [1.82, 2.24) is 10.2 Å². The second-order valence-electron chi connectivity index (χ2n) is 4.76. The van der Waals surface area contributed by atoms with Crippen molar-refractivity contribution >= 4 is 23.3 Å². The summed E-state index contributed by atoms with van der Waals surface area (Å²) < 4.78 is 10.2. The zero-order valence-electron chi connectivity index (χ0n) is 12.9. The van der Waals surface area contributed by atoms with Crippen LogP contribution < -0.4 is 5.32 Å². The van der Waals surface area contributed by atoms with Gasteiger partial charge in [-0.05, 0) is 25.3 Å². The lowest BCUT2D eigenvalue weighted by atomic mass is 10.0. The van der Waals surface area contributed by atoms with Crippen LogP contribution in [0.4, 0.5) is 4.79 Å². The molecule has 0 saturated carbocycles. The second kappa shape index (κ2) is 7.42. The maximum absolute atomic E-state index is 12.4. The lowest BCUT2D eigenvalue weighted by Gasteiger charge is -2.34. The normalized spacial score (nSPS) is 18.4. The maximum Gasteiger partial charge on any atom is 0.338 e. The highest BCUT2D eigenvalue weighted by Crippen LogP contribution is 2.33. The minimum atomic E-state index is -0.467. The molecule has 2 heterocycles. The molecule has 1 aromatic heterocycles. The Labute approximate surface area is 133 Å². The van der Waals surface area contributed by atoms with Crippen molar-refractivity contribution in [3.05, 3.63) is 33.7 Å². The van der Waals surface area contributed by atoms with Crippen LogP contribution >= 0.6 is 11.3 Å². The van der Waals surface area contributed by atoms with Gasteiger partial charge in [0, 0.05) is 17.7 Å². The average Bonchev–Trinajstić information content (AvgIpc) is 3.00. The summed E-state index contributed by atoms with van der Waals surface area (Å²) >= 11 is 1.49. The first-order chi connectivity index (χ1) is 10.6. The maximum atomic E-state index is 12.4.